The summed E-state index contributed by atoms with van der Waals surface area (Å²) in [5.74, 6) is -0.119. The SMILES string of the molecule is COCCNC(=O)c1c(NC(=O)CN2CCCCC2)sc2c1CCCC2. The molecular formula is C19H29N3O3S. The standard InChI is InChI=1S/C19H29N3O3S/c1-25-12-9-20-18(24)17-14-7-3-4-8-15(14)26-19(17)21-16(23)13-22-10-5-2-6-11-22/h2-13H2,1H3,(H,20,24)(H,21,23). The highest BCUT2D eigenvalue weighted by molar-refractivity contribution is 7.17. The van der Waals surface area contributed by atoms with Crippen LogP contribution in [0.4, 0.5) is 5.00 Å². The van der Waals surface area contributed by atoms with E-state index in [1.165, 1.54) is 11.3 Å². The van der Waals surface area contributed by atoms with Crippen molar-refractivity contribution in [2.45, 2.75) is 44.9 Å². The van der Waals surface area contributed by atoms with E-state index in [-0.39, 0.29) is 11.8 Å². The average molecular weight is 380 g/mol. The van der Waals surface area contributed by atoms with Crippen LogP contribution >= 0.6 is 11.3 Å². The Morgan fingerprint density at radius 3 is 2.65 bits per heavy atom. The Kier molecular flexibility index (Phi) is 7.05. The number of amides is 2. The number of nitrogens with one attached hydrogen (secondary N) is 2. The Labute approximate surface area is 159 Å². The van der Waals surface area contributed by atoms with Gasteiger partial charge in [0, 0.05) is 18.5 Å². The Morgan fingerprint density at radius 2 is 1.88 bits per heavy atom. The van der Waals surface area contributed by atoms with Gasteiger partial charge >= 0.3 is 0 Å². The molecular weight excluding hydrogens is 350 g/mol. The number of likely N-dealkylation sites (tertiary alicyclic amines) is 1. The third kappa shape index (κ3) is 4.84. The van der Waals surface area contributed by atoms with Gasteiger partial charge in [-0.3, -0.25) is 14.5 Å². The monoisotopic (exact) mass is 379 g/mol. The second kappa shape index (κ2) is 9.48. The topological polar surface area (TPSA) is 70.7 Å². The van der Waals surface area contributed by atoms with E-state index >= 15 is 0 Å². The summed E-state index contributed by atoms with van der Waals surface area (Å²) in [6, 6.07) is 0. The number of hydrogen-bond acceptors (Lipinski definition) is 5. The number of anilines is 1. The van der Waals surface area contributed by atoms with Crippen molar-refractivity contribution in [3.63, 3.8) is 0 Å². The largest absolute Gasteiger partial charge is 0.383 e. The van der Waals surface area contributed by atoms with Crippen LogP contribution in [0, 0.1) is 0 Å². The lowest BCUT2D eigenvalue weighted by Crippen LogP contribution is -2.37. The quantitative estimate of drug-likeness (QED) is 0.714. The third-order valence-corrected chi connectivity index (χ3v) is 6.27. The molecule has 0 aromatic carbocycles. The fourth-order valence-corrected chi connectivity index (χ4v) is 5.04. The summed E-state index contributed by atoms with van der Waals surface area (Å²) in [6.45, 7) is 3.33. The fourth-order valence-electron chi connectivity index (χ4n) is 3.74. The molecule has 0 unspecified atom stereocenters. The summed E-state index contributed by atoms with van der Waals surface area (Å²) in [7, 11) is 1.62. The third-order valence-electron chi connectivity index (χ3n) is 5.06. The van der Waals surface area contributed by atoms with Crippen LogP contribution in [-0.2, 0) is 22.4 Å². The van der Waals surface area contributed by atoms with Crippen molar-refractivity contribution in [2.75, 3.05) is 45.2 Å². The van der Waals surface area contributed by atoms with Crippen LogP contribution in [0.2, 0.25) is 0 Å². The number of carbonyl (C=O) groups excluding carboxylic acids is 2. The zero-order valence-corrected chi connectivity index (χ0v) is 16.4. The lowest BCUT2D eigenvalue weighted by Gasteiger charge is -2.25. The molecule has 1 saturated heterocycles. The summed E-state index contributed by atoms with van der Waals surface area (Å²) < 4.78 is 5.01. The molecule has 7 heteroatoms. The van der Waals surface area contributed by atoms with Crippen molar-refractivity contribution in [1.82, 2.24) is 10.2 Å². The predicted octanol–water partition coefficient (Wildman–Crippen LogP) is 2.43. The van der Waals surface area contributed by atoms with Gasteiger partial charge in [0.2, 0.25) is 5.91 Å². The van der Waals surface area contributed by atoms with Crippen LogP contribution in [0.3, 0.4) is 0 Å². The molecule has 1 aliphatic carbocycles. The van der Waals surface area contributed by atoms with Gasteiger partial charge in [-0.15, -0.1) is 11.3 Å². The maximum absolute atomic E-state index is 12.7. The molecule has 1 aromatic rings. The highest BCUT2D eigenvalue weighted by Crippen LogP contribution is 2.38. The smallest absolute Gasteiger partial charge is 0.254 e. The van der Waals surface area contributed by atoms with Crippen LogP contribution in [-0.4, -0.2) is 56.6 Å². The van der Waals surface area contributed by atoms with Gasteiger partial charge in [-0.25, -0.2) is 0 Å². The molecule has 1 aliphatic heterocycles. The molecule has 0 radical (unpaired) electrons. The van der Waals surface area contributed by atoms with Crippen LogP contribution in [0.1, 0.15) is 52.9 Å². The van der Waals surface area contributed by atoms with E-state index in [1.54, 1.807) is 18.4 Å². The van der Waals surface area contributed by atoms with Crippen molar-refractivity contribution in [2.24, 2.45) is 0 Å². The molecule has 2 amide bonds. The van der Waals surface area contributed by atoms with Gasteiger partial charge in [0.05, 0.1) is 18.7 Å². The number of methoxy groups -OCH3 is 1. The van der Waals surface area contributed by atoms with Crippen molar-refractivity contribution < 1.29 is 14.3 Å². The summed E-state index contributed by atoms with van der Waals surface area (Å²) in [5, 5.41) is 6.66. The summed E-state index contributed by atoms with van der Waals surface area (Å²) in [6.07, 6.45) is 7.74. The van der Waals surface area contributed by atoms with Crippen molar-refractivity contribution in [3.05, 3.63) is 16.0 Å². The first-order chi connectivity index (χ1) is 12.7. The van der Waals surface area contributed by atoms with Gasteiger partial charge in [0.25, 0.3) is 5.91 Å². The number of ether oxygens (including phenoxy) is 1. The number of piperidine rings is 1. The zero-order chi connectivity index (χ0) is 18.4. The minimum absolute atomic E-state index is 0.0172. The minimum Gasteiger partial charge on any atom is -0.383 e. The number of carbonyl (C=O) groups is 2. The molecule has 3 rings (SSSR count). The van der Waals surface area contributed by atoms with Gasteiger partial charge in [0.15, 0.2) is 0 Å². The molecule has 2 heterocycles. The molecule has 0 atom stereocenters. The van der Waals surface area contributed by atoms with Gasteiger partial charge in [-0.05, 0) is 57.2 Å². The molecule has 1 aromatic heterocycles. The van der Waals surface area contributed by atoms with E-state index in [0.717, 1.165) is 57.2 Å². The fraction of sp³-hybridized carbons (Fsp3) is 0.684. The van der Waals surface area contributed by atoms with E-state index in [9.17, 15) is 9.59 Å². The Hall–Kier alpha value is -1.44. The predicted molar refractivity (Wildman–Crippen MR) is 104 cm³/mol. The van der Waals surface area contributed by atoms with Gasteiger partial charge < -0.3 is 15.4 Å². The van der Waals surface area contributed by atoms with Crippen LogP contribution in [0.5, 0.6) is 0 Å². The van der Waals surface area contributed by atoms with Gasteiger partial charge in [0.1, 0.15) is 5.00 Å². The first kappa shape index (κ1) is 19.3. The molecule has 144 valence electrons. The van der Waals surface area contributed by atoms with Crippen molar-refractivity contribution in [1.29, 1.82) is 0 Å². The van der Waals surface area contributed by atoms with Crippen molar-refractivity contribution >= 4 is 28.2 Å². The summed E-state index contributed by atoms with van der Waals surface area (Å²) in [4.78, 5) is 28.7. The normalized spacial score (nSPS) is 17.6. The number of hydrogen-bond donors (Lipinski definition) is 2. The minimum atomic E-state index is -0.102. The summed E-state index contributed by atoms with van der Waals surface area (Å²) >= 11 is 1.58. The molecule has 0 bridgehead atoms. The van der Waals surface area contributed by atoms with Crippen LogP contribution < -0.4 is 10.6 Å². The van der Waals surface area contributed by atoms with Gasteiger partial charge in [-0.1, -0.05) is 6.42 Å². The number of aryl methyl sites for hydroxylation is 1. The van der Waals surface area contributed by atoms with Crippen LogP contribution in [0.15, 0.2) is 0 Å². The molecule has 1 fully saturated rings. The molecule has 2 aliphatic rings. The highest BCUT2D eigenvalue weighted by Gasteiger charge is 2.26. The van der Waals surface area contributed by atoms with E-state index in [1.807, 2.05) is 0 Å². The zero-order valence-electron chi connectivity index (χ0n) is 15.6. The second-order valence-electron chi connectivity index (χ2n) is 7.05. The average Bonchev–Trinajstić information content (AvgIpc) is 3.00. The summed E-state index contributed by atoms with van der Waals surface area (Å²) in [5.41, 5.74) is 1.80. The molecule has 6 nitrogen and oxygen atoms in total. The lowest BCUT2D eigenvalue weighted by molar-refractivity contribution is -0.117. The van der Waals surface area contributed by atoms with Gasteiger partial charge in [-0.2, -0.15) is 0 Å². The first-order valence-electron chi connectivity index (χ1n) is 9.63. The van der Waals surface area contributed by atoms with E-state index in [0.29, 0.717) is 30.3 Å². The van der Waals surface area contributed by atoms with E-state index in [2.05, 4.69) is 15.5 Å². The Balaban J connectivity index is 1.71. The number of nitrogens with zero attached hydrogens (tertiary/aromatic N) is 1. The molecule has 2 N–H and O–H groups in total. The van der Waals surface area contributed by atoms with E-state index < -0.39 is 0 Å². The molecule has 26 heavy (non-hydrogen) atoms. The first-order valence-corrected chi connectivity index (χ1v) is 10.4. The molecule has 0 spiro atoms. The number of fused-ring (bicyclic) bond motifs is 1. The Morgan fingerprint density at radius 1 is 1.12 bits per heavy atom. The number of thiophene rings is 1. The highest BCUT2D eigenvalue weighted by atomic mass is 32.1. The lowest BCUT2D eigenvalue weighted by atomic mass is 9.95. The van der Waals surface area contributed by atoms with Crippen molar-refractivity contribution in [3.8, 4) is 0 Å². The number of rotatable bonds is 7. The van der Waals surface area contributed by atoms with E-state index in [4.69, 9.17) is 4.74 Å². The second-order valence-corrected chi connectivity index (χ2v) is 8.15. The maximum Gasteiger partial charge on any atom is 0.254 e. The molecule has 0 saturated carbocycles. The van der Waals surface area contributed by atoms with Crippen LogP contribution in [0.25, 0.3) is 0 Å². The maximum atomic E-state index is 12.7. The Bertz CT molecular complexity index is 638.